The monoisotopic (exact) mass is 436 g/mol. The van der Waals surface area contributed by atoms with Gasteiger partial charge >= 0.3 is 0 Å². The Morgan fingerprint density at radius 2 is 1.64 bits per heavy atom. The van der Waals surface area contributed by atoms with Crippen LogP contribution < -0.4 is 9.47 Å². The van der Waals surface area contributed by atoms with Gasteiger partial charge in [0.2, 0.25) is 0 Å². The molecule has 0 spiro atoms. The van der Waals surface area contributed by atoms with Crippen LogP contribution in [0.3, 0.4) is 0 Å². The molecule has 0 aromatic heterocycles. The van der Waals surface area contributed by atoms with Crippen molar-refractivity contribution in [2.45, 2.75) is 12.5 Å². The van der Waals surface area contributed by atoms with Crippen LogP contribution in [0.5, 0.6) is 11.5 Å². The van der Waals surface area contributed by atoms with Crippen molar-refractivity contribution in [3.05, 3.63) is 108 Å². The molecule has 0 unspecified atom stereocenters. The van der Waals surface area contributed by atoms with Crippen molar-refractivity contribution in [2.75, 3.05) is 13.7 Å². The third-order valence-corrected chi connectivity index (χ3v) is 5.87. The van der Waals surface area contributed by atoms with Crippen molar-refractivity contribution in [3.63, 3.8) is 0 Å². The van der Waals surface area contributed by atoms with Crippen LogP contribution in [0.4, 0.5) is 0 Å². The van der Waals surface area contributed by atoms with Crippen molar-refractivity contribution in [3.8, 4) is 11.5 Å². The van der Waals surface area contributed by atoms with Gasteiger partial charge < -0.3 is 9.47 Å². The molecule has 1 atom stereocenters. The van der Waals surface area contributed by atoms with E-state index < -0.39 is 0 Å². The molecule has 1 aliphatic heterocycles. The number of hydrazone groups is 1. The molecule has 0 saturated heterocycles. The summed E-state index contributed by atoms with van der Waals surface area (Å²) in [6.45, 7) is -0.0910. The standard InChI is InChI=1S/C28H24N2O3/c1-32-23-16-14-22(15-17-23)26-18-25(21-9-3-2-4-10-21)29-30(26)28(31)19-33-27-13-7-11-20-8-5-6-12-24(20)27/h2-17,26H,18-19H2,1H3/t26-/m1/s1. The van der Waals surface area contributed by atoms with Crippen molar-refractivity contribution >= 4 is 22.4 Å². The predicted molar refractivity (Wildman–Crippen MR) is 130 cm³/mol. The lowest BCUT2D eigenvalue weighted by Gasteiger charge is -2.22. The van der Waals surface area contributed by atoms with Crippen LogP contribution in [0.25, 0.3) is 10.8 Å². The second kappa shape index (κ2) is 9.17. The SMILES string of the molecule is COc1ccc([C@H]2CC(c3ccccc3)=NN2C(=O)COc2cccc3ccccc23)cc1. The smallest absolute Gasteiger partial charge is 0.281 e. The molecule has 0 saturated carbocycles. The number of carbonyl (C=O) groups is 1. The highest BCUT2D eigenvalue weighted by Gasteiger charge is 2.33. The number of ether oxygens (including phenoxy) is 2. The predicted octanol–water partition coefficient (Wildman–Crippen LogP) is 5.61. The normalized spacial score (nSPS) is 15.4. The van der Waals surface area contributed by atoms with Crippen molar-refractivity contribution < 1.29 is 14.3 Å². The second-order valence-electron chi connectivity index (χ2n) is 7.91. The molecule has 164 valence electrons. The summed E-state index contributed by atoms with van der Waals surface area (Å²) in [5.41, 5.74) is 2.90. The first-order chi connectivity index (χ1) is 16.2. The number of hydrogen-bond acceptors (Lipinski definition) is 4. The highest BCUT2D eigenvalue weighted by Crippen LogP contribution is 2.34. The molecule has 1 aliphatic rings. The maximum absolute atomic E-state index is 13.3. The van der Waals surface area contributed by atoms with Crippen LogP contribution in [-0.4, -0.2) is 30.3 Å². The Hall–Kier alpha value is -4.12. The van der Waals surface area contributed by atoms with E-state index in [1.807, 2.05) is 97.1 Å². The minimum absolute atomic E-state index is 0.0910. The van der Waals surface area contributed by atoms with Crippen LogP contribution in [0.2, 0.25) is 0 Å². The number of hydrogen-bond donors (Lipinski definition) is 0. The van der Waals surface area contributed by atoms with E-state index in [-0.39, 0.29) is 18.6 Å². The summed E-state index contributed by atoms with van der Waals surface area (Å²) >= 11 is 0. The van der Waals surface area contributed by atoms with E-state index in [2.05, 4.69) is 0 Å². The molecule has 0 fully saturated rings. The van der Waals surface area contributed by atoms with E-state index in [0.717, 1.165) is 33.4 Å². The Balaban J connectivity index is 1.41. The van der Waals surface area contributed by atoms with Gasteiger partial charge in [0.1, 0.15) is 11.5 Å². The summed E-state index contributed by atoms with van der Waals surface area (Å²) in [5.74, 6) is 1.28. The molecule has 4 aromatic rings. The van der Waals surface area contributed by atoms with Gasteiger partial charge in [0.25, 0.3) is 5.91 Å². The molecular weight excluding hydrogens is 412 g/mol. The Bertz CT molecular complexity index is 1290. The third kappa shape index (κ3) is 4.30. The number of benzene rings is 4. The first-order valence-electron chi connectivity index (χ1n) is 10.9. The molecule has 0 radical (unpaired) electrons. The summed E-state index contributed by atoms with van der Waals surface area (Å²) < 4.78 is 11.3. The van der Waals surface area contributed by atoms with E-state index >= 15 is 0 Å². The van der Waals surface area contributed by atoms with Gasteiger partial charge in [-0.2, -0.15) is 5.10 Å². The zero-order valence-electron chi connectivity index (χ0n) is 18.3. The molecule has 5 nitrogen and oxygen atoms in total. The molecule has 1 amide bonds. The van der Waals surface area contributed by atoms with Gasteiger partial charge in [-0.05, 0) is 34.7 Å². The van der Waals surface area contributed by atoms with Crippen molar-refractivity contribution in [1.29, 1.82) is 0 Å². The molecule has 0 bridgehead atoms. The number of nitrogens with zero attached hydrogens (tertiary/aromatic N) is 2. The van der Waals surface area contributed by atoms with Gasteiger partial charge in [-0.3, -0.25) is 4.79 Å². The summed E-state index contributed by atoms with van der Waals surface area (Å²) in [5, 5.41) is 8.34. The number of amides is 1. The summed E-state index contributed by atoms with van der Waals surface area (Å²) in [7, 11) is 1.64. The first kappa shape index (κ1) is 20.8. The van der Waals surface area contributed by atoms with E-state index in [0.29, 0.717) is 12.2 Å². The molecule has 4 aromatic carbocycles. The van der Waals surface area contributed by atoms with Crippen LogP contribution in [0.1, 0.15) is 23.6 Å². The maximum atomic E-state index is 13.3. The lowest BCUT2D eigenvalue weighted by molar-refractivity contribution is -0.135. The van der Waals surface area contributed by atoms with Crippen LogP contribution in [0, 0.1) is 0 Å². The Labute approximate surface area is 192 Å². The van der Waals surface area contributed by atoms with Crippen LogP contribution in [0.15, 0.2) is 102 Å². The minimum Gasteiger partial charge on any atom is -0.497 e. The third-order valence-electron chi connectivity index (χ3n) is 5.87. The number of carbonyl (C=O) groups excluding carboxylic acids is 1. The van der Waals surface area contributed by atoms with E-state index in [1.54, 1.807) is 12.1 Å². The first-order valence-corrected chi connectivity index (χ1v) is 10.9. The Morgan fingerprint density at radius 3 is 2.42 bits per heavy atom. The minimum atomic E-state index is -0.199. The second-order valence-corrected chi connectivity index (χ2v) is 7.91. The van der Waals surface area contributed by atoms with E-state index in [9.17, 15) is 4.79 Å². The van der Waals surface area contributed by atoms with Gasteiger partial charge in [0.05, 0.1) is 18.9 Å². The molecular formula is C28H24N2O3. The molecule has 33 heavy (non-hydrogen) atoms. The molecule has 0 aliphatic carbocycles. The average molecular weight is 437 g/mol. The highest BCUT2D eigenvalue weighted by molar-refractivity contribution is 6.03. The van der Waals surface area contributed by atoms with Gasteiger partial charge in [0.15, 0.2) is 6.61 Å². The topological polar surface area (TPSA) is 51.1 Å². The lowest BCUT2D eigenvalue weighted by atomic mass is 9.98. The number of rotatable bonds is 6. The summed E-state index contributed by atoms with van der Waals surface area (Å²) in [6, 6.07) is 31.4. The zero-order valence-corrected chi connectivity index (χ0v) is 18.3. The number of methoxy groups -OCH3 is 1. The Kier molecular flexibility index (Phi) is 5.77. The maximum Gasteiger partial charge on any atom is 0.281 e. The van der Waals surface area contributed by atoms with Gasteiger partial charge in [-0.25, -0.2) is 5.01 Å². The Morgan fingerprint density at radius 1 is 0.909 bits per heavy atom. The summed E-state index contributed by atoms with van der Waals surface area (Å²) in [6.07, 6.45) is 0.635. The molecule has 0 N–H and O–H groups in total. The van der Waals surface area contributed by atoms with E-state index in [1.165, 1.54) is 0 Å². The van der Waals surface area contributed by atoms with Gasteiger partial charge in [-0.1, -0.05) is 78.9 Å². The van der Waals surface area contributed by atoms with Gasteiger partial charge in [0, 0.05) is 11.8 Å². The molecule has 5 rings (SSSR count). The highest BCUT2D eigenvalue weighted by atomic mass is 16.5. The average Bonchev–Trinajstić information content (AvgIpc) is 3.33. The zero-order chi connectivity index (χ0) is 22.6. The fraction of sp³-hybridized carbons (Fsp3) is 0.143. The van der Waals surface area contributed by atoms with Crippen LogP contribution >= 0.6 is 0 Å². The van der Waals surface area contributed by atoms with Crippen molar-refractivity contribution in [2.24, 2.45) is 5.10 Å². The fourth-order valence-electron chi connectivity index (χ4n) is 4.16. The largest absolute Gasteiger partial charge is 0.497 e. The lowest BCUT2D eigenvalue weighted by Crippen LogP contribution is -2.31. The van der Waals surface area contributed by atoms with Gasteiger partial charge in [-0.15, -0.1) is 0 Å². The number of fused-ring (bicyclic) bond motifs is 1. The molecule has 5 heteroatoms. The van der Waals surface area contributed by atoms with E-state index in [4.69, 9.17) is 14.6 Å². The quantitative estimate of drug-likeness (QED) is 0.395. The fourth-order valence-corrected chi connectivity index (χ4v) is 4.16. The van der Waals surface area contributed by atoms with Crippen molar-refractivity contribution in [1.82, 2.24) is 5.01 Å². The summed E-state index contributed by atoms with van der Waals surface area (Å²) in [4.78, 5) is 13.3. The van der Waals surface area contributed by atoms with Crippen LogP contribution in [-0.2, 0) is 4.79 Å². The molecule has 1 heterocycles.